The molecule has 0 aliphatic carbocycles. The predicted octanol–water partition coefficient (Wildman–Crippen LogP) is 2.88. The quantitative estimate of drug-likeness (QED) is 0.571. The van der Waals surface area contributed by atoms with Gasteiger partial charge in [-0.3, -0.25) is 20.2 Å². The van der Waals surface area contributed by atoms with Crippen LogP contribution in [0.1, 0.15) is 35.1 Å². The van der Waals surface area contributed by atoms with Crippen molar-refractivity contribution in [3.8, 4) is 0 Å². The third-order valence-corrected chi connectivity index (χ3v) is 5.12. The van der Waals surface area contributed by atoms with E-state index in [1.165, 1.54) is 17.4 Å². The van der Waals surface area contributed by atoms with E-state index in [1.54, 1.807) is 12.1 Å². The number of rotatable bonds is 7. The Balaban J connectivity index is 1.75. The van der Waals surface area contributed by atoms with Crippen molar-refractivity contribution in [3.05, 3.63) is 38.9 Å². The normalized spacial score (nSPS) is 14.2. The number of morpholine rings is 1. The highest BCUT2D eigenvalue weighted by Gasteiger charge is 2.23. The van der Waals surface area contributed by atoms with Gasteiger partial charge in [0.1, 0.15) is 10.7 Å². The van der Waals surface area contributed by atoms with Gasteiger partial charge in [-0.15, -0.1) is 10.2 Å². The number of aromatic nitrogens is 2. The van der Waals surface area contributed by atoms with Crippen LogP contribution in [0.4, 0.5) is 16.5 Å². The van der Waals surface area contributed by atoms with Crippen LogP contribution < -0.4 is 10.2 Å². The number of ether oxygens (including phenoxy) is 1. The first kappa shape index (κ1) is 19.2. The lowest BCUT2D eigenvalue weighted by Gasteiger charge is -2.28. The van der Waals surface area contributed by atoms with Gasteiger partial charge in [-0.1, -0.05) is 24.7 Å². The van der Waals surface area contributed by atoms with Crippen LogP contribution in [0.5, 0.6) is 0 Å². The number of benzene rings is 1. The second-order valence-electron chi connectivity index (χ2n) is 6.12. The van der Waals surface area contributed by atoms with Crippen molar-refractivity contribution < 1.29 is 14.5 Å². The Morgan fingerprint density at radius 1 is 1.37 bits per heavy atom. The Labute approximate surface area is 160 Å². The van der Waals surface area contributed by atoms with Crippen LogP contribution in [0.25, 0.3) is 0 Å². The molecule has 1 aromatic carbocycles. The minimum Gasteiger partial charge on any atom is -0.378 e. The molecule has 3 rings (SSSR count). The van der Waals surface area contributed by atoms with Crippen molar-refractivity contribution in [2.45, 2.75) is 26.2 Å². The van der Waals surface area contributed by atoms with Gasteiger partial charge in [-0.25, -0.2) is 0 Å². The maximum Gasteiger partial charge on any atom is 0.293 e. The van der Waals surface area contributed by atoms with Crippen molar-refractivity contribution in [1.82, 2.24) is 10.2 Å². The fourth-order valence-corrected chi connectivity index (χ4v) is 3.56. The lowest BCUT2D eigenvalue weighted by Crippen LogP contribution is -2.36. The topological polar surface area (TPSA) is 110 Å². The number of hydrogen-bond donors (Lipinski definition) is 1. The summed E-state index contributed by atoms with van der Waals surface area (Å²) in [5, 5.41) is 23.4. The SMILES string of the molecule is CCCCc1nnc(NC(=O)c2ccc(N3CCOCC3)c([N+](=O)[O-])c2)s1. The Bertz CT molecular complexity index is 819. The molecular formula is C17H21N5O4S. The second kappa shape index (κ2) is 8.87. The summed E-state index contributed by atoms with van der Waals surface area (Å²) in [7, 11) is 0. The molecule has 1 aliphatic rings. The standard InChI is InChI=1S/C17H21N5O4S/c1-2-3-4-15-19-20-17(27-15)18-16(23)12-5-6-13(14(11-12)22(24)25)21-7-9-26-10-8-21/h5-6,11H,2-4,7-10H2,1H3,(H,18,20,23). The summed E-state index contributed by atoms with van der Waals surface area (Å²) in [6.07, 6.45) is 2.89. The zero-order chi connectivity index (χ0) is 19.2. The van der Waals surface area contributed by atoms with Crippen LogP contribution in [0, 0.1) is 10.1 Å². The number of anilines is 2. The number of nitro benzene ring substituents is 1. The van der Waals surface area contributed by atoms with Gasteiger partial charge in [-0.2, -0.15) is 0 Å². The van der Waals surface area contributed by atoms with Crippen molar-refractivity contribution in [2.24, 2.45) is 0 Å². The van der Waals surface area contributed by atoms with E-state index in [1.807, 2.05) is 4.90 Å². The molecule has 0 radical (unpaired) electrons. The molecule has 10 heteroatoms. The van der Waals surface area contributed by atoms with E-state index in [0.29, 0.717) is 37.1 Å². The molecule has 1 aromatic heterocycles. The van der Waals surface area contributed by atoms with Crippen LogP contribution in [0.2, 0.25) is 0 Å². The third-order valence-electron chi connectivity index (χ3n) is 4.22. The fourth-order valence-electron chi connectivity index (χ4n) is 2.79. The average Bonchev–Trinajstić information content (AvgIpc) is 3.13. The van der Waals surface area contributed by atoms with Crippen LogP contribution in [0.3, 0.4) is 0 Å². The van der Waals surface area contributed by atoms with Gasteiger partial charge in [0.2, 0.25) is 5.13 Å². The maximum atomic E-state index is 12.5. The Morgan fingerprint density at radius 2 is 2.15 bits per heavy atom. The smallest absolute Gasteiger partial charge is 0.293 e. The summed E-state index contributed by atoms with van der Waals surface area (Å²) in [6.45, 7) is 4.31. The van der Waals surface area contributed by atoms with E-state index in [2.05, 4.69) is 22.4 Å². The molecule has 0 saturated carbocycles. The molecule has 1 fully saturated rings. The third kappa shape index (κ3) is 4.77. The minimum atomic E-state index is -0.463. The molecule has 1 amide bonds. The van der Waals surface area contributed by atoms with E-state index in [4.69, 9.17) is 4.74 Å². The Morgan fingerprint density at radius 3 is 2.85 bits per heavy atom. The number of carbonyl (C=O) groups excluding carboxylic acids is 1. The first-order valence-corrected chi connectivity index (χ1v) is 9.65. The van der Waals surface area contributed by atoms with Gasteiger partial charge >= 0.3 is 0 Å². The van der Waals surface area contributed by atoms with Crippen molar-refractivity contribution in [3.63, 3.8) is 0 Å². The second-order valence-corrected chi connectivity index (χ2v) is 7.18. The molecule has 0 unspecified atom stereocenters. The highest BCUT2D eigenvalue weighted by molar-refractivity contribution is 7.15. The molecule has 2 aromatic rings. The highest BCUT2D eigenvalue weighted by atomic mass is 32.1. The summed E-state index contributed by atoms with van der Waals surface area (Å²) >= 11 is 1.32. The largest absolute Gasteiger partial charge is 0.378 e. The molecule has 27 heavy (non-hydrogen) atoms. The van der Waals surface area contributed by atoms with Crippen LogP contribution in [-0.2, 0) is 11.2 Å². The maximum absolute atomic E-state index is 12.5. The van der Waals surface area contributed by atoms with E-state index >= 15 is 0 Å². The van der Waals surface area contributed by atoms with Gasteiger partial charge in [0.05, 0.1) is 18.1 Å². The fraction of sp³-hybridized carbons (Fsp3) is 0.471. The minimum absolute atomic E-state index is 0.0922. The van der Waals surface area contributed by atoms with Crippen LogP contribution in [0.15, 0.2) is 18.2 Å². The molecular weight excluding hydrogens is 370 g/mol. The van der Waals surface area contributed by atoms with Crippen molar-refractivity contribution in [2.75, 3.05) is 36.5 Å². The van der Waals surface area contributed by atoms with E-state index in [-0.39, 0.29) is 11.3 Å². The van der Waals surface area contributed by atoms with E-state index in [9.17, 15) is 14.9 Å². The number of nitrogens with one attached hydrogen (secondary N) is 1. The number of hydrogen-bond acceptors (Lipinski definition) is 8. The summed E-state index contributed by atoms with van der Waals surface area (Å²) in [5.41, 5.74) is 0.618. The first-order chi connectivity index (χ1) is 13.1. The summed E-state index contributed by atoms with van der Waals surface area (Å²) in [6, 6.07) is 4.51. The van der Waals surface area contributed by atoms with E-state index in [0.717, 1.165) is 24.3 Å². The predicted molar refractivity (Wildman–Crippen MR) is 103 cm³/mol. The van der Waals surface area contributed by atoms with Gasteiger partial charge < -0.3 is 9.64 Å². The molecule has 9 nitrogen and oxygen atoms in total. The van der Waals surface area contributed by atoms with Gasteiger partial charge in [-0.05, 0) is 18.6 Å². The molecule has 0 bridgehead atoms. The number of amides is 1. The monoisotopic (exact) mass is 391 g/mol. The average molecular weight is 391 g/mol. The Kier molecular flexibility index (Phi) is 6.30. The molecule has 0 spiro atoms. The highest BCUT2D eigenvalue weighted by Crippen LogP contribution is 2.30. The van der Waals surface area contributed by atoms with Gasteiger partial charge in [0.25, 0.3) is 11.6 Å². The van der Waals surface area contributed by atoms with Crippen molar-refractivity contribution >= 4 is 33.8 Å². The first-order valence-electron chi connectivity index (χ1n) is 8.83. The number of aryl methyl sites for hydroxylation is 1. The van der Waals surface area contributed by atoms with E-state index < -0.39 is 10.8 Å². The lowest BCUT2D eigenvalue weighted by atomic mass is 10.1. The van der Waals surface area contributed by atoms with Gasteiger partial charge in [0.15, 0.2) is 0 Å². The number of nitrogens with zero attached hydrogens (tertiary/aromatic N) is 4. The molecule has 0 atom stereocenters. The summed E-state index contributed by atoms with van der Waals surface area (Å²) in [5.74, 6) is -0.440. The molecule has 1 saturated heterocycles. The zero-order valence-corrected chi connectivity index (χ0v) is 15.8. The molecule has 2 heterocycles. The molecule has 1 aliphatic heterocycles. The summed E-state index contributed by atoms with van der Waals surface area (Å²) < 4.78 is 5.29. The lowest BCUT2D eigenvalue weighted by molar-refractivity contribution is -0.384. The number of carbonyl (C=O) groups is 1. The van der Waals surface area contributed by atoms with Crippen molar-refractivity contribution in [1.29, 1.82) is 0 Å². The molecule has 1 N–H and O–H groups in total. The summed E-state index contributed by atoms with van der Waals surface area (Å²) in [4.78, 5) is 25.4. The van der Waals surface area contributed by atoms with Gasteiger partial charge in [0, 0.05) is 31.1 Å². The molecule has 144 valence electrons. The zero-order valence-electron chi connectivity index (χ0n) is 15.0. The van der Waals surface area contributed by atoms with Crippen LogP contribution in [-0.4, -0.2) is 47.3 Å². The number of unbranched alkanes of at least 4 members (excludes halogenated alkanes) is 1. The Hall–Kier alpha value is -2.59. The van der Waals surface area contributed by atoms with Crippen LogP contribution >= 0.6 is 11.3 Å². The number of nitro groups is 1.